The highest BCUT2D eigenvalue weighted by Gasteiger charge is 2.28. The van der Waals surface area contributed by atoms with Crippen LogP contribution in [0.25, 0.3) is 21.7 Å². The van der Waals surface area contributed by atoms with Crippen LogP contribution >= 0.6 is 11.3 Å². The minimum atomic E-state index is -3.07. The van der Waals surface area contributed by atoms with E-state index in [2.05, 4.69) is 15.0 Å². The number of hydrogen-bond acceptors (Lipinski definition) is 7. The van der Waals surface area contributed by atoms with Gasteiger partial charge in [-0.15, -0.1) is 11.3 Å². The summed E-state index contributed by atoms with van der Waals surface area (Å²) in [4.78, 5) is 38.3. The van der Waals surface area contributed by atoms with Gasteiger partial charge in [0.05, 0.1) is 33.2 Å². The SMILES string of the molecule is Cc1cc(-c2cnc3[nH]cc(C(=O)O)c3n2)sc1C(=O)N1CCS(=O)(=O)CC1. The Bertz CT molecular complexity index is 1200. The first kappa shape index (κ1) is 18.6. The first-order valence-corrected chi connectivity index (χ1v) is 11.1. The van der Waals surface area contributed by atoms with Crippen molar-refractivity contribution in [3.63, 3.8) is 0 Å². The number of nitrogens with one attached hydrogen (secondary N) is 1. The number of rotatable bonds is 3. The Morgan fingerprint density at radius 2 is 2.00 bits per heavy atom. The van der Waals surface area contributed by atoms with E-state index < -0.39 is 15.8 Å². The van der Waals surface area contributed by atoms with Crippen molar-refractivity contribution in [2.24, 2.45) is 0 Å². The minimum absolute atomic E-state index is 0.0242. The Balaban J connectivity index is 1.66. The maximum absolute atomic E-state index is 12.8. The van der Waals surface area contributed by atoms with Crippen molar-refractivity contribution >= 4 is 44.2 Å². The molecule has 2 N–H and O–H groups in total. The molecule has 1 fully saturated rings. The van der Waals surface area contributed by atoms with Crippen LogP contribution < -0.4 is 0 Å². The van der Waals surface area contributed by atoms with E-state index in [4.69, 9.17) is 0 Å². The molecular weight excluding hydrogens is 404 g/mol. The summed E-state index contributed by atoms with van der Waals surface area (Å²) < 4.78 is 23.2. The van der Waals surface area contributed by atoms with E-state index in [1.807, 2.05) is 6.07 Å². The number of H-pyrrole nitrogens is 1. The van der Waals surface area contributed by atoms with Gasteiger partial charge in [-0.2, -0.15) is 0 Å². The van der Waals surface area contributed by atoms with Gasteiger partial charge in [0.1, 0.15) is 11.1 Å². The molecule has 3 aromatic heterocycles. The van der Waals surface area contributed by atoms with Crippen LogP contribution in [0.4, 0.5) is 0 Å². The average Bonchev–Trinajstić information content (AvgIpc) is 3.24. The lowest BCUT2D eigenvalue weighted by atomic mass is 10.2. The number of carbonyl (C=O) groups is 2. The number of carboxylic acid groups (broad SMARTS) is 1. The first-order valence-electron chi connectivity index (χ1n) is 8.43. The molecule has 1 aliphatic heterocycles. The third kappa shape index (κ3) is 3.27. The van der Waals surface area contributed by atoms with Crippen LogP contribution in [0.1, 0.15) is 25.6 Å². The lowest BCUT2D eigenvalue weighted by molar-refractivity contribution is 0.0697. The maximum Gasteiger partial charge on any atom is 0.339 e. The quantitative estimate of drug-likeness (QED) is 0.657. The second-order valence-electron chi connectivity index (χ2n) is 6.53. The molecule has 3 aromatic rings. The van der Waals surface area contributed by atoms with Crippen molar-refractivity contribution in [3.8, 4) is 10.6 Å². The van der Waals surface area contributed by atoms with E-state index >= 15 is 0 Å². The van der Waals surface area contributed by atoms with Crippen LogP contribution in [0.2, 0.25) is 0 Å². The van der Waals surface area contributed by atoms with Gasteiger partial charge in [-0.3, -0.25) is 4.79 Å². The van der Waals surface area contributed by atoms with Crippen LogP contribution in [0.3, 0.4) is 0 Å². The molecule has 1 amide bonds. The minimum Gasteiger partial charge on any atom is -0.478 e. The van der Waals surface area contributed by atoms with Gasteiger partial charge in [0.2, 0.25) is 0 Å². The number of thiophene rings is 1. The third-order valence-electron chi connectivity index (χ3n) is 4.61. The fraction of sp³-hybridized carbons (Fsp3) is 0.294. The van der Waals surface area contributed by atoms with E-state index in [0.717, 1.165) is 5.56 Å². The Morgan fingerprint density at radius 1 is 1.29 bits per heavy atom. The monoisotopic (exact) mass is 420 g/mol. The summed E-state index contributed by atoms with van der Waals surface area (Å²) in [6, 6.07) is 1.81. The van der Waals surface area contributed by atoms with Gasteiger partial charge < -0.3 is 15.0 Å². The van der Waals surface area contributed by atoms with Gasteiger partial charge in [-0.1, -0.05) is 0 Å². The molecular formula is C17H16N4O5S2. The zero-order chi connectivity index (χ0) is 20.1. The van der Waals surface area contributed by atoms with Crippen LogP contribution in [0.15, 0.2) is 18.5 Å². The Labute approximate surface area is 164 Å². The van der Waals surface area contributed by atoms with Crippen molar-refractivity contribution in [3.05, 3.63) is 34.5 Å². The third-order valence-corrected chi connectivity index (χ3v) is 7.46. The zero-order valence-electron chi connectivity index (χ0n) is 14.8. The van der Waals surface area contributed by atoms with Crippen molar-refractivity contribution in [2.45, 2.75) is 6.92 Å². The highest BCUT2D eigenvalue weighted by atomic mass is 32.2. The van der Waals surface area contributed by atoms with E-state index in [0.29, 0.717) is 21.1 Å². The second-order valence-corrected chi connectivity index (χ2v) is 9.88. The summed E-state index contributed by atoms with van der Waals surface area (Å²) in [5, 5.41) is 9.26. The van der Waals surface area contributed by atoms with Crippen molar-refractivity contribution in [1.82, 2.24) is 19.9 Å². The first-order chi connectivity index (χ1) is 13.2. The van der Waals surface area contributed by atoms with Crippen LogP contribution in [-0.2, 0) is 9.84 Å². The standard InChI is InChI=1S/C17H16N4O5S2/c1-9-6-12(11-8-19-15-13(20-11)10(7-18-15)17(23)24)27-14(9)16(22)21-2-4-28(25,26)5-3-21/h6-8H,2-5H2,1H3,(H,18,19)(H,23,24). The Morgan fingerprint density at radius 3 is 2.68 bits per heavy atom. The van der Waals surface area contributed by atoms with Crippen LogP contribution in [0, 0.1) is 6.92 Å². The molecule has 0 saturated carbocycles. The number of aromatic carboxylic acids is 1. The lowest BCUT2D eigenvalue weighted by Gasteiger charge is -2.26. The predicted molar refractivity (Wildman–Crippen MR) is 103 cm³/mol. The smallest absolute Gasteiger partial charge is 0.339 e. The average molecular weight is 420 g/mol. The molecule has 0 bridgehead atoms. The largest absolute Gasteiger partial charge is 0.478 e. The number of aromatic nitrogens is 3. The van der Waals surface area contributed by atoms with Gasteiger partial charge in [0, 0.05) is 19.3 Å². The predicted octanol–water partition coefficient (Wildman–Crippen LogP) is 1.56. The highest BCUT2D eigenvalue weighted by molar-refractivity contribution is 7.91. The number of amides is 1. The molecule has 4 heterocycles. The van der Waals surface area contributed by atoms with Crippen LogP contribution in [-0.4, -0.2) is 69.8 Å². The molecule has 4 rings (SSSR count). The molecule has 1 saturated heterocycles. The number of aryl methyl sites for hydroxylation is 1. The lowest BCUT2D eigenvalue weighted by Crippen LogP contribution is -2.43. The molecule has 0 aromatic carbocycles. The number of hydrogen-bond donors (Lipinski definition) is 2. The summed E-state index contributed by atoms with van der Waals surface area (Å²) in [7, 11) is -3.07. The van der Waals surface area contributed by atoms with Gasteiger partial charge in [0.15, 0.2) is 15.5 Å². The number of carbonyl (C=O) groups excluding carboxylic acids is 1. The maximum atomic E-state index is 12.8. The van der Waals surface area contributed by atoms with Gasteiger partial charge in [-0.25, -0.2) is 23.2 Å². The van der Waals surface area contributed by atoms with Crippen molar-refractivity contribution < 1.29 is 23.1 Å². The highest BCUT2D eigenvalue weighted by Crippen LogP contribution is 2.32. The van der Waals surface area contributed by atoms with E-state index in [1.54, 1.807) is 11.8 Å². The zero-order valence-corrected chi connectivity index (χ0v) is 16.4. The number of fused-ring (bicyclic) bond motifs is 1. The topological polar surface area (TPSA) is 133 Å². The normalized spacial score (nSPS) is 16.4. The number of nitrogens with zero attached hydrogens (tertiary/aromatic N) is 3. The van der Waals surface area contributed by atoms with Gasteiger partial charge >= 0.3 is 5.97 Å². The fourth-order valence-electron chi connectivity index (χ4n) is 3.05. The Kier molecular flexibility index (Phi) is 4.42. The molecule has 0 aliphatic carbocycles. The summed E-state index contributed by atoms with van der Waals surface area (Å²) in [6.45, 7) is 2.18. The summed E-state index contributed by atoms with van der Waals surface area (Å²) >= 11 is 1.24. The molecule has 146 valence electrons. The van der Waals surface area contributed by atoms with Gasteiger partial charge in [-0.05, 0) is 18.6 Å². The molecule has 9 nitrogen and oxygen atoms in total. The molecule has 11 heteroatoms. The van der Waals surface area contributed by atoms with Gasteiger partial charge in [0.25, 0.3) is 5.91 Å². The molecule has 0 atom stereocenters. The van der Waals surface area contributed by atoms with Crippen LogP contribution in [0.5, 0.6) is 0 Å². The van der Waals surface area contributed by atoms with E-state index in [-0.39, 0.29) is 41.6 Å². The van der Waals surface area contributed by atoms with Crippen molar-refractivity contribution in [2.75, 3.05) is 24.6 Å². The van der Waals surface area contributed by atoms with E-state index in [1.165, 1.54) is 23.7 Å². The molecule has 0 spiro atoms. The number of carboxylic acids is 1. The summed E-state index contributed by atoms with van der Waals surface area (Å²) in [6.07, 6.45) is 2.87. The van der Waals surface area contributed by atoms with Crippen molar-refractivity contribution in [1.29, 1.82) is 0 Å². The molecule has 28 heavy (non-hydrogen) atoms. The summed E-state index contributed by atoms with van der Waals surface area (Å²) in [5.74, 6) is -1.35. The number of aromatic amines is 1. The number of sulfone groups is 1. The second kappa shape index (κ2) is 6.67. The van der Waals surface area contributed by atoms with E-state index in [9.17, 15) is 23.1 Å². The Hall–Kier alpha value is -2.79. The fourth-order valence-corrected chi connectivity index (χ4v) is 5.35. The molecule has 1 aliphatic rings. The molecule has 0 radical (unpaired) electrons. The molecule has 0 unspecified atom stereocenters. The summed E-state index contributed by atoms with van der Waals surface area (Å²) in [5.41, 5.74) is 1.89.